The third-order valence-electron chi connectivity index (χ3n) is 2.59. The molecule has 0 radical (unpaired) electrons. The summed E-state index contributed by atoms with van der Waals surface area (Å²) in [5.74, 6) is -2.25. The van der Waals surface area contributed by atoms with E-state index in [4.69, 9.17) is 0 Å². The molecule has 0 aliphatic rings. The summed E-state index contributed by atoms with van der Waals surface area (Å²) in [5.41, 5.74) is 2.08. The van der Waals surface area contributed by atoms with Gasteiger partial charge in [0.25, 0.3) is 5.91 Å². The van der Waals surface area contributed by atoms with Crippen molar-refractivity contribution in [2.75, 3.05) is 12.0 Å². The Balaban J connectivity index is 2.20. The second-order valence-corrected chi connectivity index (χ2v) is 5.18. The maximum atomic E-state index is 13.0. The van der Waals surface area contributed by atoms with Crippen LogP contribution in [0.2, 0.25) is 0 Å². The van der Waals surface area contributed by atoms with E-state index in [1.165, 1.54) is 13.0 Å². The Labute approximate surface area is 137 Å². The molecule has 0 spiro atoms. The number of thiophene rings is 1. The molecule has 0 aromatic carbocycles. The van der Waals surface area contributed by atoms with Gasteiger partial charge in [-0.25, -0.2) is 14.8 Å². The summed E-state index contributed by atoms with van der Waals surface area (Å²) in [4.78, 5) is 30.4. The van der Waals surface area contributed by atoms with Crippen LogP contribution in [0.15, 0.2) is 23.7 Å². The maximum absolute atomic E-state index is 13.0. The Kier molecular flexibility index (Phi) is 5.34. The number of anilines is 1. The molecule has 0 fully saturated rings. The van der Waals surface area contributed by atoms with Crippen molar-refractivity contribution < 1.29 is 27.5 Å². The van der Waals surface area contributed by atoms with Gasteiger partial charge in [-0.1, -0.05) is 6.07 Å². The molecule has 0 bridgehead atoms. The summed E-state index contributed by atoms with van der Waals surface area (Å²) in [6.07, 6.45) is -4.20. The Hall–Kier alpha value is -2.69. The van der Waals surface area contributed by atoms with E-state index < -0.39 is 35.3 Å². The first-order valence-electron chi connectivity index (χ1n) is 6.54. The predicted molar refractivity (Wildman–Crippen MR) is 78.4 cm³/mol. The van der Waals surface area contributed by atoms with Gasteiger partial charge in [0.05, 0.1) is 11.5 Å². The van der Waals surface area contributed by atoms with E-state index in [9.17, 15) is 22.8 Å². The lowest BCUT2D eigenvalue weighted by molar-refractivity contribution is -0.141. The van der Waals surface area contributed by atoms with Crippen molar-refractivity contribution in [2.45, 2.75) is 13.1 Å². The number of aromatic nitrogens is 2. The lowest BCUT2D eigenvalue weighted by Gasteiger charge is -2.12. The average molecular weight is 360 g/mol. The molecule has 0 unspecified atom stereocenters. The number of rotatable bonds is 5. The molecular weight excluding hydrogens is 349 g/mol. The summed E-state index contributed by atoms with van der Waals surface area (Å²) in [6.45, 7) is 1.37. The standard InChI is InChI=1S/C13H11F3N4O3S/c1-2-23-11(22)7-6-17-12(18-9(7)13(14,15)16)20-19-10(21)8-4-3-5-24-8/h3-6H,2H2,1H3,(H,19,21)(H,17,18,20). The van der Waals surface area contributed by atoms with Crippen LogP contribution in [-0.4, -0.2) is 28.5 Å². The summed E-state index contributed by atoms with van der Waals surface area (Å²) in [6, 6.07) is 3.18. The molecule has 11 heteroatoms. The monoisotopic (exact) mass is 360 g/mol. The number of esters is 1. The fourth-order valence-electron chi connectivity index (χ4n) is 1.60. The van der Waals surface area contributed by atoms with Crippen molar-refractivity contribution in [3.8, 4) is 0 Å². The number of hydrogen-bond acceptors (Lipinski definition) is 7. The number of carbonyl (C=O) groups excluding carboxylic acids is 2. The minimum Gasteiger partial charge on any atom is -0.462 e. The van der Waals surface area contributed by atoms with E-state index >= 15 is 0 Å². The Morgan fingerprint density at radius 3 is 2.71 bits per heavy atom. The third-order valence-corrected chi connectivity index (χ3v) is 3.45. The Morgan fingerprint density at radius 2 is 2.12 bits per heavy atom. The van der Waals surface area contributed by atoms with Crippen molar-refractivity contribution in [2.24, 2.45) is 0 Å². The van der Waals surface area contributed by atoms with E-state index in [0.29, 0.717) is 11.1 Å². The van der Waals surface area contributed by atoms with E-state index in [-0.39, 0.29) is 6.61 Å². The smallest absolute Gasteiger partial charge is 0.434 e. The van der Waals surface area contributed by atoms with Gasteiger partial charge in [0.2, 0.25) is 5.95 Å². The summed E-state index contributed by atoms with van der Waals surface area (Å²) in [5, 5.41) is 1.67. The van der Waals surface area contributed by atoms with Gasteiger partial charge in [0.15, 0.2) is 5.69 Å². The van der Waals surface area contributed by atoms with Crippen LogP contribution >= 0.6 is 11.3 Å². The fourth-order valence-corrected chi connectivity index (χ4v) is 2.22. The molecule has 128 valence electrons. The highest BCUT2D eigenvalue weighted by Gasteiger charge is 2.38. The molecule has 0 saturated heterocycles. The van der Waals surface area contributed by atoms with Gasteiger partial charge in [0, 0.05) is 6.20 Å². The van der Waals surface area contributed by atoms with Crippen molar-refractivity contribution in [1.29, 1.82) is 0 Å². The average Bonchev–Trinajstić information content (AvgIpc) is 3.06. The van der Waals surface area contributed by atoms with Crippen LogP contribution in [0, 0.1) is 0 Å². The van der Waals surface area contributed by atoms with Gasteiger partial charge >= 0.3 is 12.1 Å². The van der Waals surface area contributed by atoms with Crippen LogP contribution in [0.4, 0.5) is 19.1 Å². The summed E-state index contributed by atoms with van der Waals surface area (Å²) in [7, 11) is 0. The van der Waals surface area contributed by atoms with Crippen molar-refractivity contribution in [1.82, 2.24) is 15.4 Å². The number of carbonyl (C=O) groups is 2. The predicted octanol–water partition coefficient (Wildman–Crippen LogP) is 2.49. The zero-order chi connectivity index (χ0) is 17.7. The van der Waals surface area contributed by atoms with Gasteiger partial charge in [-0.05, 0) is 18.4 Å². The number of alkyl halides is 3. The molecule has 2 aromatic rings. The van der Waals surface area contributed by atoms with Crippen LogP contribution in [0.25, 0.3) is 0 Å². The molecule has 7 nitrogen and oxygen atoms in total. The zero-order valence-corrected chi connectivity index (χ0v) is 13.0. The second kappa shape index (κ2) is 7.25. The van der Waals surface area contributed by atoms with Crippen molar-refractivity contribution >= 4 is 29.2 Å². The molecular formula is C13H11F3N4O3S. The van der Waals surface area contributed by atoms with E-state index in [1.807, 2.05) is 0 Å². The first kappa shape index (κ1) is 17.7. The normalized spacial score (nSPS) is 11.0. The largest absolute Gasteiger partial charge is 0.462 e. The molecule has 2 N–H and O–H groups in total. The van der Waals surface area contributed by atoms with Gasteiger partial charge in [-0.15, -0.1) is 11.3 Å². The molecule has 1 amide bonds. The molecule has 24 heavy (non-hydrogen) atoms. The highest BCUT2D eigenvalue weighted by Crippen LogP contribution is 2.31. The van der Waals surface area contributed by atoms with Crippen LogP contribution in [0.3, 0.4) is 0 Å². The lowest BCUT2D eigenvalue weighted by Crippen LogP contribution is -2.30. The number of amides is 1. The summed E-state index contributed by atoms with van der Waals surface area (Å²) >= 11 is 1.15. The Morgan fingerprint density at radius 1 is 1.38 bits per heavy atom. The van der Waals surface area contributed by atoms with E-state index in [0.717, 1.165) is 11.3 Å². The first-order valence-corrected chi connectivity index (χ1v) is 7.42. The number of halogens is 3. The maximum Gasteiger partial charge on any atom is 0.434 e. The minimum absolute atomic E-state index is 0.0903. The van der Waals surface area contributed by atoms with Crippen molar-refractivity contribution in [3.05, 3.63) is 39.8 Å². The third kappa shape index (κ3) is 4.19. The fraction of sp³-hybridized carbons (Fsp3) is 0.231. The summed E-state index contributed by atoms with van der Waals surface area (Å²) < 4.78 is 43.7. The van der Waals surface area contributed by atoms with Crippen LogP contribution in [0.5, 0.6) is 0 Å². The van der Waals surface area contributed by atoms with Gasteiger partial charge in [-0.3, -0.25) is 15.6 Å². The number of hydrogen-bond donors (Lipinski definition) is 2. The molecule has 2 heterocycles. The minimum atomic E-state index is -4.89. The first-order chi connectivity index (χ1) is 11.3. The molecule has 0 aliphatic heterocycles. The SMILES string of the molecule is CCOC(=O)c1cnc(NNC(=O)c2cccs2)nc1C(F)(F)F. The molecule has 0 aliphatic carbocycles. The Bertz CT molecular complexity index is 735. The number of nitrogens with one attached hydrogen (secondary N) is 2. The molecule has 0 atom stereocenters. The molecule has 2 rings (SSSR count). The van der Waals surface area contributed by atoms with Gasteiger partial charge in [0.1, 0.15) is 5.56 Å². The second-order valence-electron chi connectivity index (χ2n) is 4.23. The molecule has 2 aromatic heterocycles. The number of nitrogens with zero attached hydrogens (tertiary/aromatic N) is 2. The van der Waals surface area contributed by atoms with E-state index in [1.54, 1.807) is 11.4 Å². The zero-order valence-electron chi connectivity index (χ0n) is 12.2. The number of hydrazine groups is 1. The van der Waals surface area contributed by atoms with Gasteiger partial charge in [-0.2, -0.15) is 13.2 Å². The highest BCUT2D eigenvalue weighted by atomic mass is 32.1. The van der Waals surface area contributed by atoms with Crippen molar-refractivity contribution in [3.63, 3.8) is 0 Å². The topological polar surface area (TPSA) is 93.2 Å². The van der Waals surface area contributed by atoms with Crippen LogP contribution < -0.4 is 10.9 Å². The van der Waals surface area contributed by atoms with E-state index in [2.05, 4.69) is 25.6 Å². The highest BCUT2D eigenvalue weighted by molar-refractivity contribution is 7.12. The quantitative estimate of drug-likeness (QED) is 0.629. The van der Waals surface area contributed by atoms with Crippen LogP contribution in [-0.2, 0) is 10.9 Å². The van der Waals surface area contributed by atoms with Crippen LogP contribution in [0.1, 0.15) is 32.6 Å². The molecule has 0 saturated carbocycles. The number of ether oxygens (including phenoxy) is 1. The lowest BCUT2D eigenvalue weighted by atomic mass is 10.2. The van der Waals surface area contributed by atoms with Gasteiger partial charge < -0.3 is 4.74 Å².